The van der Waals surface area contributed by atoms with Gasteiger partial charge in [0.25, 0.3) is 23.6 Å². The minimum absolute atomic E-state index is 0.145. The molecule has 8 heteroatoms. The average molecular weight is 730 g/mol. The number of imide groups is 2. The molecule has 7 rings (SSSR count). The number of fused-ring (bicyclic) bond motifs is 2. The molecule has 284 valence electrons. The van der Waals surface area contributed by atoms with Crippen molar-refractivity contribution in [3.05, 3.63) is 70.8 Å². The number of aliphatic hydroxyl groups is 1. The molecule has 5 aromatic rings. The number of benzene rings is 5. The quantitative estimate of drug-likeness (QED) is 0.0336. The van der Waals surface area contributed by atoms with Gasteiger partial charge in [0.2, 0.25) is 0 Å². The fourth-order valence-corrected chi connectivity index (χ4v) is 9.20. The van der Waals surface area contributed by atoms with E-state index in [-0.39, 0.29) is 36.2 Å². The highest BCUT2D eigenvalue weighted by Crippen LogP contribution is 2.46. The first-order valence-corrected chi connectivity index (χ1v) is 20.6. The van der Waals surface area contributed by atoms with Crippen molar-refractivity contribution in [1.29, 1.82) is 0 Å². The van der Waals surface area contributed by atoms with Crippen molar-refractivity contribution in [2.75, 3.05) is 26.2 Å². The van der Waals surface area contributed by atoms with Crippen LogP contribution in [-0.4, -0.2) is 64.8 Å². The van der Waals surface area contributed by atoms with E-state index in [0.29, 0.717) is 46.1 Å². The highest BCUT2D eigenvalue weighted by molar-refractivity contribution is 6.41. The average Bonchev–Trinajstić information content (AvgIpc) is 3.18. The molecule has 0 fully saturated rings. The van der Waals surface area contributed by atoms with E-state index in [0.717, 1.165) is 122 Å². The van der Waals surface area contributed by atoms with E-state index in [9.17, 15) is 24.3 Å². The Morgan fingerprint density at radius 3 is 1.37 bits per heavy atom. The molecule has 0 aliphatic carbocycles. The summed E-state index contributed by atoms with van der Waals surface area (Å²) in [6.45, 7) is 3.86. The van der Waals surface area contributed by atoms with Gasteiger partial charge >= 0.3 is 0 Å². The second-order valence-electron chi connectivity index (χ2n) is 15.7. The lowest BCUT2D eigenvalue weighted by Gasteiger charge is -2.32. The molecule has 1 unspecified atom stereocenters. The van der Waals surface area contributed by atoms with Crippen LogP contribution in [-0.2, 0) is 0 Å². The number of unbranched alkanes of at least 4 members (excludes halogenated alkanes) is 11. The number of nitrogens with zero attached hydrogens (tertiary/aromatic N) is 2. The van der Waals surface area contributed by atoms with Crippen molar-refractivity contribution < 1.29 is 24.3 Å². The highest BCUT2D eigenvalue weighted by Gasteiger charge is 2.37. The van der Waals surface area contributed by atoms with Crippen LogP contribution >= 0.6 is 0 Å². The normalized spacial score (nSPS) is 14.9. The molecular formula is C46H55N3O5. The molecule has 4 amide bonds. The largest absolute Gasteiger partial charge is 0.396 e. The van der Waals surface area contributed by atoms with Gasteiger partial charge in [-0.05, 0) is 101 Å². The van der Waals surface area contributed by atoms with Gasteiger partial charge in [-0.2, -0.15) is 0 Å². The number of aliphatic hydroxyl groups excluding tert-OH is 1. The van der Waals surface area contributed by atoms with Crippen LogP contribution in [0.4, 0.5) is 0 Å². The number of amides is 4. The zero-order valence-electron chi connectivity index (χ0n) is 31.9. The summed E-state index contributed by atoms with van der Waals surface area (Å²) in [5, 5.41) is 16.2. The van der Waals surface area contributed by atoms with Crippen LogP contribution in [0, 0.1) is 5.92 Å². The molecule has 2 heterocycles. The van der Waals surface area contributed by atoms with Gasteiger partial charge in [-0.15, -0.1) is 0 Å². The summed E-state index contributed by atoms with van der Waals surface area (Å²) in [6.07, 6.45) is 16.6. The van der Waals surface area contributed by atoms with Gasteiger partial charge in [0, 0.05) is 52.7 Å². The molecule has 0 aromatic heterocycles. The summed E-state index contributed by atoms with van der Waals surface area (Å²) < 4.78 is 0. The van der Waals surface area contributed by atoms with E-state index in [1.165, 1.54) is 29.1 Å². The van der Waals surface area contributed by atoms with Gasteiger partial charge in [-0.25, -0.2) is 0 Å². The third kappa shape index (κ3) is 6.99. The van der Waals surface area contributed by atoms with Crippen molar-refractivity contribution in [3.63, 3.8) is 0 Å². The molecule has 1 atom stereocenters. The van der Waals surface area contributed by atoms with Gasteiger partial charge < -0.3 is 10.8 Å². The zero-order valence-corrected chi connectivity index (χ0v) is 31.9. The Morgan fingerprint density at radius 1 is 0.500 bits per heavy atom. The maximum absolute atomic E-state index is 14.2. The molecule has 0 saturated carbocycles. The smallest absolute Gasteiger partial charge is 0.261 e. The van der Waals surface area contributed by atoms with Crippen molar-refractivity contribution in [3.8, 4) is 0 Å². The lowest BCUT2D eigenvalue weighted by atomic mass is 9.82. The molecule has 3 N–H and O–H groups in total. The lowest BCUT2D eigenvalue weighted by molar-refractivity contribution is 0.0571. The van der Waals surface area contributed by atoms with E-state index >= 15 is 0 Å². The lowest BCUT2D eigenvalue weighted by Crippen LogP contribution is -2.43. The first-order valence-electron chi connectivity index (χ1n) is 20.6. The van der Waals surface area contributed by atoms with Gasteiger partial charge in [0.1, 0.15) is 0 Å². The van der Waals surface area contributed by atoms with Gasteiger partial charge in [0.15, 0.2) is 0 Å². The SMILES string of the molecule is CCCCCCCC(CCCCO)CN1C(=O)c2ccc3c4ccc5c6c(ccc(c7ccc(c2c37)C1=O)c64)C(=O)N(CCCCCCCCCN)C5=O. The number of carbonyl (C=O) groups excluding carboxylic acids is 4. The Bertz CT molecular complexity index is 2070. The van der Waals surface area contributed by atoms with Crippen LogP contribution in [0.25, 0.3) is 43.1 Å². The first kappa shape index (κ1) is 37.9. The van der Waals surface area contributed by atoms with Crippen LogP contribution in [0.5, 0.6) is 0 Å². The van der Waals surface area contributed by atoms with Gasteiger partial charge in [-0.1, -0.05) is 102 Å². The molecule has 0 saturated heterocycles. The summed E-state index contributed by atoms with van der Waals surface area (Å²) in [6, 6.07) is 15.3. The maximum atomic E-state index is 14.2. The number of carbonyl (C=O) groups is 4. The number of nitrogens with two attached hydrogens (primary N) is 1. The Morgan fingerprint density at radius 2 is 0.907 bits per heavy atom. The molecule has 0 bridgehead atoms. The van der Waals surface area contributed by atoms with Crippen LogP contribution in [0.3, 0.4) is 0 Å². The molecule has 2 aliphatic heterocycles. The Balaban J connectivity index is 1.19. The number of hydrogen-bond acceptors (Lipinski definition) is 6. The molecule has 8 nitrogen and oxygen atoms in total. The summed E-state index contributed by atoms with van der Waals surface area (Å²) in [4.78, 5) is 59.2. The predicted molar refractivity (Wildman–Crippen MR) is 218 cm³/mol. The topological polar surface area (TPSA) is 121 Å². The Kier molecular flexibility index (Phi) is 11.9. The van der Waals surface area contributed by atoms with Crippen LogP contribution in [0.2, 0.25) is 0 Å². The van der Waals surface area contributed by atoms with E-state index in [2.05, 4.69) is 6.92 Å². The second kappa shape index (κ2) is 17.0. The molecule has 0 radical (unpaired) electrons. The van der Waals surface area contributed by atoms with Gasteiger partial charge in [-0.3, -0.25) is 29.0 Å². The van der Waals surface area contributed by atoms with E-state index in [1.54, 1.807) is 0 Å². The van der Waals surface area contributed by atoms with Crippen LogP contribution in [0.15, 0.2) is 48.5 Å². The predicted octanol–water partition coefficient (Wildman–Crippen LogP) is 9.76. The third-order valence-electron chi connectivity index (χ3n) is 12.1. The molecule has 54 heavy (non-hydrogen) atoms. The first-order chi connectivity index (χ1) is 26.4. The molecule has 5 aromatic carbocycles. The highest BCUT2D eigenvalue weighted by atomic mass is 16.3. The monoisotopic (exact) mass is 729 g/mol. The summed E-state index contributed by atoms with van der Waals surface area (Å²) in [5.41, 5.74) is 7.76. The molecular weight excluding hydrogens is 675 g/mol. The van der Waals surface area contributed by atoms with Crippen LogP contribution in [0.1, 0.15) is 151 Å². The van der Waals surface area contributed by atoms with Crippen molar-refractivity contribution in [2.45, 2.75) is 110 Å². The zero-order chi connectivity index (χ0) is 37.8. The second-order valence-corrected chi connectivity index (χ2v) is 15.7. The third-order valence-corrected chi connectivity index (χ3v) is 12.1. The fourth-order valence-electron chi connectivity index (χ4n) is 9.20. The van der Waals surface area contributed by atoms with Crippen molar-refractivity contribution in [2.24, 2.45) is 11.7 Å². The standard InChI is InChI=1S/C46H55N3O5/c1-2-3-4-8-11-16-30(17-12-15-28-50)29-49-45(53)37-24-20-33-31-18-22-35-41-36(44(52)48(43(35)51)27-14-10-7-5-6-9-13-26-47)23-19-32(39(31)41)34-21-25-38(46(49)54)42(37)40(33)34/h18-25,30,50H,2-17,26-29,47H2,1H3. The van der Waals surface area contributed by atoms with Gasteiger partial charge in [0.05, 0.1) is 0 Å². The maximum Gasteiger partial charge on any atom is 0.261 e. The molecule has 2 aliphatic rings. The summed E-state index contributed by atoms with van der Waals surface area (Å²) in [7, 11) is 0. The van der Waals surface area contributed by atoms with E-state index in [4.69, 9.17) is 5.73 Å². The van der Waals surface area contributed by atoms with Crippen LogP contribution < -0.4 is 5.73 Å². The minimum atomic E-state index is -0.256. The summed E-state index contributed by atoms with van der Waals surface area (Å²) in [5.74, 6) is -0.823. The molecule has 0 spiro atoms. The fraction of sp³-hybridized carbons (Fsp3) is 0.478. The minimum Gasteiger partial charge on any atom is -0.396 e. The number of hydrogen-bond donors (Lipinski definition) is 2. The van der Waals surface area contributed by atoms with E-state index in [1.807, 2.05) is 48.5 Å². The number of rotatable bonds is 21. The summed E-state index contributed by atoms with van der Waals surface area (Å²) >= 11 is 0. The Labute approximate surface area is 318 Å². The Hall–Kier alpha value is -4.40. The van der Waals surface area contributed by atoms with Crippen molar-refractivity contribution in [1.82, 2.24) is 9.80 Å². The van der Waals surface area contributed by atoms with Crippen molar-refractivity contribution >= 4 is 66.7 Å². The van der Waals surface area contributed by atoms with E-state index < -0.39 is 0 Å².